The third-order valence-electron chi connectivity index (χ3n) is 3.47. The van der Waals surface area contributed by atoms with E-state index in [0.29, 0.717) is 28.6 Å². The van der Waals surface area contributed by atoms with Crippen molar-refractivity contribution in [1.29, 1.82) is 0 Å². The number of carbonyl (C=O) groups excluding carboxylic acids is 1. The zero-order chi connectivity index (χ0) is 18.4. The Morgan fingerprint density at radius 2 is 1.96 bits per heavy atom. The first-order chi connectivity index (χ1) is 12.7. The Balaban J connectivity index is 1.64. The molecule has 0 atom stereocenters. The van der Waals surface area contributed by atoms with Crippen molar-refractivity contribution in [1.82, 2.24) is 10.1 Å². The van der Waals surface area contributed by atoms with Crippen LogP contribution in [0.15, 0.2) is 53.1 Å². The lowest BCUT2D eigenvalue weighted by atomic mass is 10.2. The van der Waals surface area contributed by atoms with Crippen molar-refractivity contribution >= 4 is 23.3 Å². The van der Waals surface area contributed by atoms with Crippen molar-refractivity contribution in [2.24, 2.45) is 0 Å². The summed E-state index contributed by atoms with van der Waals surface area (Å²) < 4.78 is 10.4. The van der Waals surface area contributed by atoms with Gasteiger partial charge in [-0.3, -0.25) is 0 Å². The van der Waals surface area contributed by atoms with Crippen LogP contribution in [0.3, 0.4) is 0 Å². The number of anilines is 1. The zero-order valence-electron chi connectivity index (χ0n) is 13.7. The topological polar surface area (TPSA) is 97.5 Å². The van der Waals surface area contributed by atoms with Crippen molar-refractivity contribution in [3.8, 4) is 11.4 Å². The summed E-state index contributed by atoms with van der Waals surface area (Å²) in [5, 5.41) is 16.3. The second kappa shape index (κ2) is 8.46. The van der Waals surface area contributed by atoms with E-state index in [4.69, 9.17) is 26.0 Å². The predicted octanol–water partition coefficient (Wildman–Crippen LogP) is 3.15. The SMILES string of the molecule is O=C(OCc1nc(-c2ccc(Cl)cc2)no1)c1ccccc1NCCO. The summed E-state index contributed by atoms with van der Waals surface area (Å²) in [4.78, 5) is 16.5. The van der Waals surface area contributed by atoms with Gasteiger partial charge in [-0.05, 0) is 36.4 Å². The van der Waals surface area contributed by atoms with Crippen LogP contribution < -0.4 is 5.32 Å². The van der Waals surface area contributed by atoms with E-state index >= 15 is 0 Å². The van der Waals surface area contributed by atoms with Gasteiger partial charge in [0.15, 0.2) is 6.61 Å². The number of ether oxygens (including phenoxy) is 1. The monoisotopic (exact) mass is 373 g/mol. The first kappa shape index (κ1) is 17.9. The van der Waals surface area contributed by atoms with Crippen LogP contribution in [0.25, 0.3) is 11.4 Å². The van der Waals surface area contributed by atoms with Gasteiger partial charge < -0.3 is 19.7 Å². The van der Waals surface area contributed by atoms with Crippen LogP contribution in [0, 0.1) is 0 Å². The summed E-state index contributed by atoms with van der Waals surface area (Å²) in [5.41, 5.74) is 1.69. The van der Waals surface area contributed by atoms with E-state index in [9.17, 15) is 4.79 Å². The summed E-state index contributed by atoms with van der Waals surface area (Å²) in [7, 11) is 0. The maximum atomic E-state index is 12.3. The number of aliphatic hydroxyl groups is 1. The predicted molar refractivity (Wildman–Crippen MR) is 95.9 cm³/mol. The number of hydrogen-bond donors (Lipinski definition) is 2. The number of aromatic nitrogens is 2. The molecule has 1 aromatic heterocycles. The molecule has 7 nitrogen and oxygen atoms in total. The molecule has 3 aromatic rings. The first-order valence-corrected chi connectivity index (χ1v) is 8.24. The molecule has 0 amide bonds. The van der Waals surface area contributed by atoms with Crippen LogP contribution in [-0.4, -0.2) is 34.4 Å². The van der Waals surface area contributed by atoms with Crippen LogP contribution in [0.4, 0.5) is 5.69 Å². The average molecular weight is 374 g/mol. The van der Waals surface area contributed by atoms with Crippen LogP contribution in [0.5, 0.6) is 0 Å². The van der Waals surface area contributed by atoms with E-state index < -0.39 is 5.97 Å². The minimum atomic E-state index is -0.530. The molecule has 2 N–H and O–H groups in total. The molecule has 0 aliphatic heterocycles. The molecule has 0 saturated heterocycles. The summed E-state index contributed by atoms with van der Waals surface area (Å²) in [6.45, 7) is 0.144. The number of carbonyl (C=O) groups is 1. The Morgan fingerprint density at radius 1 is 1.19 bits per heavy atom. The lowest BCUT2D eigenvalue weighted by Crippen LogP contribution is -2.12. The van der Waals surface area contributed by atoms with Crippen molar-refractivity contribution in [3.05, 3.63) is 65.0 Å². The number of halogens is 1. The van der Waals surface area contributed by atoms with Crippen LogP contribution >= 0.6 is 11.6 Å². The molecule has 26 heavy (non-hydrogen) atoms. The molecule has 0 fully saturated rings. The van der Waals surface area contributed by atoms with Gasteiger partial charge in [-0.2, -0.15) is 4.98 Å². The standard InChI is InChI=1S/C18H16ClN3O4/c19-13-7-5-12(6-8-13)17-21-16(26-22-17)11-25-18(24)14-3-1-2-4-15(14)20-9-10-23/h1-8,20,23H,9-11H2. The van der Waals surface area contributed by atoms with Crippen LogP contribution in [0.2, 0.25) is 5.02 Å². The minimum absolute atomic E-state index is 0.0428. The van der Waals surface area contributed by atoms with E-state index in [1.807, 2.05) is 0 Å². The Labute approximate surface area is 154 Å². The lowest BCUT2D eigenvalue weighted by Gasteiger charge is -2.09. The Morgan fingerprint density at radius 3 is 2.73 bits per heavy atom. The fraction of sp³-hybridized carbons (Fsp3) is 0.167. The summed E-state index contributed by atoms with van der Waals surface area (Å²) in [6.07, 6.45) is 0. The number of nitrogens with zero attached hydrogens (tertiary/aromatic N) is 2. The van der Waals surface area contributed by atoms with E-state index in [2.05, 4.69) is 15.5 Å². The molecule has 134 valence electrons. The van der Waals surface area contributed by atoms with Gasteiger partial charge in [0.2, 0.25) is 5.82 Å². The maximum Gasteiger partial charge on any atom is 0.340 e. The van der Waals surface area contributed by atoms with Gasteiger partial charge >= 0.3 is 5.97 Å². The molecule has 0 aliphatic rings. The van der Waals surface area contributed by atoms with Gasteiger partial charge in [-0.15, -0.1) is 0 Å². The quantitative estimate of drug-likeness (QED) is 0.614. The second-order valence-corrected chi connectivity index (χ2v) is 5.73. The highest BCUT2D eigenvalue weighted by atomic mass is 35.5. The average Bonchev–Trinajstić information content (AvgIpc) is 3.14. The highest BCUT2D eigenvalue weighted by Gasteiger charge is 2.15. The van der Waals surface area contributed by atoms with Crippen molar-refractivity contribution in [2.45, 2.75) is 6.61 Å². The van der Waals surface area contributed by atoms with E-state index in [1.165, 1.54) is 0 Å². The van der Waals surface area contributed by atoms with Gasteiger partial charge in [0, 0.05) is 22.8 Å². The fourth-order valence-corrected chi connectivity index (χ4v) is 2.37. The molecule has 3 rings (SSSR count). The Bertz CT molecular complexity index is 880. The van der Waals surface area contributed by atoms with Crippen molar-refractivity contribution < 1.29 is 19.2 Å². The molecule has 0 bridgehead atoms. The number of benzene rings is 2. The molecule has 0 saturated carbocycles. The molecule has 0 spiro atoms. The van der Waals surface area contributed by atoms with Crippen LogP contribution in [0.1, 0.15) is 16.2 Å². The van der Waals surface area contributed by atoms with Gasteiger partial charge in [0.1, 0.15) is 0 Å². The minimum Gasteiger partial charge on any atom is -0.452 e. The Kier molecular flexibility index (Phi) is 5.83. The van der Waals surface area contributed by atoms with Gasteiger partial charge in [0.25, 0.3) is 5.89 Å². The molecule has 8 heteroatoms. The molecule has 0 aliphatic carbocycles. The first-order valence-electron chi connectivity index (χ1n) is 7.87. The number of nitrogens with one attached hydrogen (secondary N) is 1. The molecular formula is C18H16ClN3O4. The largest absolute Gasteiger partial charge is 0.452 e. The van der Waals surface area contributed by atoms with E-state index in [1.54, 1.807) is 48.5 Å². The number of aliphatic hydroxyl groups excluding tert-OH is 1. The van der Waals surface area contributed by atoms with E-state index in [-0.39, 0.29) is 19.1 Å². The second-order valence-electron chi connectivity index (χ2n) is 5.29. The smallest absolute Gasteiger partial charge is 0.340 e. The summed E-state index contributed by atoms with van der Waals surface area (Å²) in [5.74, 6) is 0.0408. The van der Waals surface area contributed by atoms with Crippen LogP contribution in [-0.2, 0) is 11.3 Å². The highest BCUT2D eigenvalue weighted by Crippen LogP contribution is 2.20. The molecule has 0 radical (unpaired) electrons. The molecular weight excluding hydrogens is 358 g/mol. The third kappa shape index (κ3) is 4.38. The van der Waals surface area contributed by atoms with Crippen molar-refractivity contribution in [2.75, 3.05) is 18.5 Å². The van der Waals surface area contributed by atoms with Gasteiger partial charge in [-0.25, -0.2) is 4.79 Å². The third-order valence-corrected chi connectivity index (χ3v) is 3.72. The molecule has 2 aromatic carbocycles. The van der Waals surface area contributed by atoms with Gasteiger partial charge in [-0.1, -0.05) is 28.9 Å². The number of esters is 1. The normalized spacial score (nSPS) is 10.5. The molecule has 1 heterocycles. The fourth-order valence-electron chi connectivity index (χ4n) is 2.24. The Hall–Kier alpha value is -2.90. The maximum absolute atomic E-state index is 12.3. The number of rotatable bonds is 7. The number of para-hydroxylation sites is 1. The lowest BCUT2D eigenvalue weighted by molar-refractivity contribution is 0.0431. The highest BCUT2D eigenvalue weighted by molar-refractivity contribution is 6.30. The zero-order valence-corrected chi connectivity index (χ0v) is 14.4. The van der Waals surface area contributed by atoms with E-state index in [0.717, 1.165) is 5.56 Å². The summed E-state index contributed by atoms with van der Waals surface area (Å²) in [6, 6.07) is 13.9. The van der Waals surface area contributed by atoms with Gasteiger partial charge in [0.05, 0.1) is 12.2 Å². The van der Waals surface area contributed by atoms with Crippen molar-refractivity contribution in [3.63, 3.8) is 0 Å². The summed E-state index contributed by atoms with van der Waals surface area (Å²) >= 11 is 5.85. The number of hydrogen-bond acceptors (Lipinski definition) is 7. The molecule has 0 unspecified atom stereocenters.